The highest BCUT2D eigenvalue weighted by molar-refractivity contribution is 14.1. The number of aromatic nitrogens is 2. The van der Waals surface area contributed by atoms with E-state index >= 15 is 0 Å². The molecule has 0 bridgehead atoms. The van der Waals surface area contributed by atoms with E-state index in [2.05, 4.69) is 37.5 Å². The quantitative estimate of drug-likeness (QED) is 0.244. The van der Waals surface area contributed by atoms with E-state index < -0.39 is 33.4 Å². The Bertz CT molecular complexity index is 1170. The van der Waals surface area contributed by atoms with Crippen LogP contribution in [-0.4, -0.2) is 106 Å². The minimum absolute atomic E-state index is 0.0331. The minimum Gasteiger partial charge on any atom is -0.396 e. The second-order valence-electron chi connectivity index (χ2n) is 9.32. The summed E-state index contributed by atoms with van der Waals surface area (Å²) in [6, 6.07) is 2.69. The van der Waals surface area contributed by atoms with Gasteiger partial charge in [0.05, 0.1) is 23.3 Å². The first kappa shape index (κ1) is 29.8. The number of aliphatic hydroxyl groups is 2. The van der Waals surface area contributed by atoms with E-state index in [9.17, 15) is 31.8 Å². The third-order valence-corrected chi connectivity index (χ3v) is 11.1. The predicted molar refractivity (Wildman–Crippen MR) is 143 cm³/mol. The lowest BCUT2D eigenvalue weighted by Crippen LogP contribution is -2.62. The lowest BCUT2D eigenvalue weighted by atomic mass is 9.99. The third kappa shape index (κ3) is 6.11. The van der Waals surface area contributed by atoms with Crippen LogP contribution in [0.1, 0.15) is 18.9 Å². The zero-order chi connectivity index (χ0) is 27.7. The second-order valence-corrected chi connectivity index (χ2v) is 13.9. The molecule has 2 aliphatic heterocycles. The third-order valence-electron chi connectivity index (χ3n) is 6.82. The SMILES string of the molecule is C[C@@](O)(c1cnc(N2CCN(S(=O)(=O)c3cccs3)C[C@@H]2CN2[C@@H](CCO)COC[C@H]2I)nc1)C(F)(F)F. The molecule has 16 heteroatoms. The molecule has 4 rings (SSSR count). The van der Waals surface area contributed by atoms with E-state index in [1.165, 1.54) is 4.31 Å². The van der Waals surface area contributed by atoms with Gasteiger partial charge in [-0.15, -0.1) is 11.3 Å². The van der Waals surface area contributed by atoms with Crippen molar-refractivity contribution in [1.82, 2.24) is 19.2 Å². The Kier molecular flexibility index (Phi) is 9.23. The van der Waals surface area contributed by atoms with Crippen LogP contribution in [0.5, 0.6) is 0 Å². The molecule has 0 spiro atoms. The molecule has 2 aromatic heterocycles. The number of hydrogen-bond donors (Lipinski definition) is 2. The fraction of sp³-hybridized carbons (Fsp3) is 0.636. The summed E-state index contributed by atoms with van der Waals surface area (Å²) < 4.78 is 73.7. The Morgan fingerprint density at radius 2 is 1.92 bits per heavy atom. The lowest BCUT2D eigenvalue weighted by molar-refractivity contribution is -0.259. The van der Waals surface area contributed by atoms with Gasteiger partial charge in [-0.3, -0.25) is 4.90 Å². The highest BCUT2D eigenvalue weighted by Gasteiger charge is 2.51. The van der Waals surface area contributed by atoms with Crippen LogP contribution < -0.4 is 4.90 Å². The normalized spacial score (nSPS) is 25.9. The lowest BCUT2D eigenvalue weighted by Gasteiger charge is -2.46. The number of rotatable bonds is 8. The fourth-order valence-corrected chi connectivity index (χ4v) is 8.06. The Morgan fingerprint density at radius 3 is 2.53 bits per heavy atom. The van der Waals surface area contributed by atoms with Crippen molar-refractivity contribution in [2.75, 3.05) is 50.9 Å². The van der Waals surface area contributed by atoms with Crippen LogP contribution in [-0.2, 0) is 20.4 Å². The van der Waals surface area contributed by atoms with Crippen LogP contribution in [0.4, 0.5) is 19.1 Å². The molecule has 0 aliphatic carbocycles. The summed E-state index contributed by atoms with van der Waals surface area (Å²) >= 11 is 3.38. The maximum absolute atomic E-state index is 13.3. The van der Waals surface area contributed by atoms with Crippen LogP contribution in [0, 0.1) is 0 Å². The maximum atomic E-state index is 13.3. The monoisotopic (exact) mass is 691 g/mol. The van der Waals surface area contributed by atoms with Crippen molar-refractivity contribution in [2.24, 2.45) is 0 Å². The highest BCUT2D eigenvalue weighted by atomic mass is 127. The summed E-state index contributed by atoms with van der Waals surface area (Å²) in [6.45, 7) is 2.34. The number of alkyl halides is 4. The van der Waals surface area contributed by atoms with Crippen molar-refractivity contribution in [2.45, 2.75) is 45.5 Å². The van der Waals surface area contributed by atoms with Crippen LogP contribution >= 0.6 is 33.9 Å². The van der Waals surface area contributed by atoms with Gasteiger partial charge in [-0.05, 0) is 24.8 Å². The molecule has 4 atom stereocenters. The van der Waals surface area contributed by atoms with E-state index in [-0.39, 0.29) is 46.5 Å². The molecule has 0 saturated carbocycles. The summed E-state index contributed by atoms with van der Waals surface area (Å²) in [7, 11) is -3.74. The van der Waals surface area contributed by atoms with Crippen molar-refractivity contribution < 1.29 is 36.5 Å². The van der Waals surface area contributed by atoms with Gasteiger partial charge in [0.2, 0.25) is 5.95 Å². The molecule has 4 heterocycles. The number of anilines is 1. The summed E-state index contributed by atoms with van der Waals surface area (Å²) in [6.07, 6.45) is -2.53. The molecule has 2 N–H and O–H groups in total. The molecule has 0 amide bonds. The molecule has 2 aliphatic rings. The molecular weight excluding hydrogens is 662 g/mol. The number of thiophene rings is 1. The molecule has 2 saturated heterocycles. The van der Waals surface area contributed by atoms with Crippen molar-refractivity contribution in [3.8, 4) is 0 Å². The number of aliphatic hydroxyl groups excluding tert-OH is 1. The summed E-state index contributed by atoms with van der Waals surface area (Å²) in [5.41, 5.74) is -3.61. The van der Waals surface area contributed by atoms with Crippen LogP contribution in [0.3, 0.4) is 0 Å². The van der Waals surface area contributed by atoms with Crippen LogP contribution in [0.25, 0.3) is 0 Å². The van der Waals surface area contributed by atoms with Gasteiger partial charge >= 0.3 is 6.18 Å². The number of hydrogen-bond acceptors (Lipinski definition) is 10. The van der Waals surface area contributed by atoms with E-state index in [1.807, 2.05) is 0 Å². The zero-order valence-electron chi connectivity index (χ0n) is 20.5. The molecule has 0 unspecified atom stereocenters. The topological polar surface area (TPSA) is 119 Å². The van der Waals surface area contributed by atoms with Gasteiger partial charge in [0.15, 0.2) is 5.60 Å². The fourth-order valence-electron chi connectivity index (χ4n) is 4.51. The molecule has 212 valence electrons. The number of ether oxygens (including phenoxy) is 1. The number of piperazine rings is 1. The van der Waals surface area contributed by atoms with Gasteiger partial charge in [0, 0.05) is 56.8 Å². The first-order valence-corrected chi connectivity index (χ1v) is 15.4. The average Bonchev–Trinajstić information content (AvgIpc) is 3.42. The molecule has 10 nitrogen and oxygen atoms in total. The minimum atomic E-state index is -4.91. The molecular formula is C22H29F3IN5O5S2. The van der Waals surface area contributed by atoms with Crippen molar-refractivity contribution in [1.29, 1.82) is 0 Å². The number of morpholine rings is 1. The molecule has 38 heavy (non-hydrogen) atoms. The standard InChI is InChI=1S/C22H29F3IN5O5S2/c1-21(33,22(23,24)25)15-9-27-20(28-10-15)30-6-5-29(38(34,35)19-3-2-8-37-19)11-17(30)12-31-16(4-7-32)13-36-14-18(31)26/h2-3,8-10,16-18,32-33H,4-7,11-14H2,1H3/t16-,17+,18-,21+/m0/s1. The first-order chi connectivity index (χ1) is 17.9. The number of nitrogens with zero attached hydrogens (tertiary/aromatic N) is 5. The molecule has 2 fully saturated rings. The largest absolute Gasteiger partial charge is 0.421 e. The smallest absolute Gasteiger partial charge is 0.396 e. The molecule has 0 aromatic carbocycles. The van der Waals surface area contributed by atoms with Gasteiger partial charge in [-0.2, -0.15) is 17.5 Å². The van der Waals surface area contributed by atoms with Gasteiger partial charge in [-0.25, -0.2) is 18.4 Å². The first-order valence-electron chi connectivity index (χ1n) is 11.9. The summed E-state index contributed by atoms with van der Waals surface area (Å²) in [4.78, 5) is 12.2. The Labute approximate surface area is 236 Å². The Morgan fingerprint density at radius 1 is 1.21 bits per heavy atom. The molecule has 2 aromatic rings. The highest BCUT2D eigenvalue weighted by Crippen LogP contribution is 2.38. The van der Waals surface area contributed by atoms with Gasteiger partial charge in [-0.1, -0.05) is 28.7 Å². The van der Waals surface area contributed by atoms with E-state index in [1.54, 1.807) is 22.4 Å². The predicted octanol–water partition coefficient (Wildman–Crippen LogP) is 2.03. The number of sulfonamides is 1. The molecule has 0 radical (unpaired) electrons. The second kappa shape index (κ2) is 11.8. The van der Waals surface area contributed by atoms with Crippen LogP contribution in [0.2, 0.25) is 0 Å². The van der Waals surface area contributed by atoms with E-state index in [4.69, 9.17) is 4.74 Å². The Balaban J connectivity index is 1.63. The maximum Gasteiger partial charge on any atom is 0.421 e. The van der Waals surface area contributed by atoms with Crippen molar-refractivity contribution in [3.05, 3.63) is 35.5 Å². The number of halogens is 4. The van der Waals surface area contributed by atoms with Crippen molar-refractivity contribution >= 4 is 49.9 Å². The van der Waals surface area contributed by atoms with Crippen molar-refractivity contribution in [3.63, 3.8) is 0 Å². The van der Waals surface area contributed by atoms with E-state index in [0.29, 0.717) is 33.1 Å². The van der Waals surface area contributed by atoms with E-state index in [0.717, 1.165) is 23.7 Å². The zero-order valence-corrected chi connectivity index (χ0v) is 24.2. The van der Waals surface area contributed by atoms with Gasteiger partial charge in [0.25, 0.3) is 10.0 Å². The van der Waals surface area contributed by atoms with Crippen LogP contribution in [0.15, 0.2) is 34.1 Å². The summed E-state index contributed by atoms with van der Waals surface area (Å²) in [5.74, 6) is 0.141. The van der Waals surface area contributed by atoms with Gasteiger partial charge < -0.3 is 19.8 Å². The average molecular weight is 692 g/mol. The van der Waals surface area contributed by atoms with Gasteiger partial charge in [0.1, 0.15) is 4.21 Å². The Hall–Kier alpha value is -1.15. The summed E-state index contributed by atoms with van der Waals surface area (Å²) in [5, 5.41) is 21.2.